The summed E-state index contributed by atoms with van der Waals surface area (Å²) in [6.45, 7) is 0.129. The molecule has 0 aliphatic rings. The number of halogens is 6. The summed E-state index contributed by atoms with van der Waals surface area (Å²) in [6.07, 6.45) is -8.64. The van der Waals surface area contributed by atoms with E-state index in [0.717, 1.165) is 24.3 Å². The van der Waals surface area contributed by atoms with Crippen molar-refractivity contribution in [2.24, 2.45) is 5.73 Å². The Balaban J connectivity index is 0.000000240. The average molecular weight is 346 g/mol. The van der Waals surface area contributed by atoms with Gasteiger partial charge < -0.3 is 5.73 Å². The molecule has 0 heterocycles. The van der Waals surface area contributed by atoms with Crippen LogP contribution < -0.4 is 5.73 Å². The molecule has 2 N–H and O–H groups in total. The zero-order valence-electron chi connectivity index (χ0n) is 12.1. The van der Waals surface area contributed by atoms with E-state index in [-0.39, 0.29) is 12.1 Å². The van der Waals surface area contributed by atoms with Crippen LogP contribution in [0.15, 0.2) is 48.5 Å². The molecule has 8 heteroatoms. The van der Waals surface area contributed by atoms with E-state index in [0.29, 0.717) is 5.56 Å². The zero-order valence-corrected chi connectivity index (χ0v) is 12.1. The molecule has 24 heavy (non-hydrogen) atoms. The van der Waals surface area contributed by atoms with Crippen molar-refractivity contribution in [3.05, 3.63) is 70.8 Å². The second-order valence-electron chi connectivity index (χ2n) is 4.59. The van der Waals surface area contributed by atoms with Crippen LogP contribution in [0.5, 0.6) is 0 Å². The normalized spacial score (nSPS) is 11.2. The fraction of sp³-hybridized carbons (Fsp3) is 0.188. The average Bonchev–Trinajstić information content (AvgIpc) is 2.54. The molecule has 0 aromatic heterocycles. The van der Waals surface area contributed by atoms with Gasteiger partial charge in [0.25, 0.3) is 0 Å². The van der Waals surface area contributed by atoms with Crippen LogP contribution in [0.1, 0.15) is 22.3 Å². The molecule has 2 rings (SSSR count). The predicted octanol–water partition coefficient (Wildman–Crippen LogP) is 4.74. The Hall–Kier alpha value is -2.53. The largest absolute Gasteiger partial charge is 0.416 e. The lowest BCUT2D eigenvalue weighted by atomic mass is 10.1. The summed E-state index contributed by atoms with van der Waals surface area (Å²) >= 11 is 0. The minimum Gasteiger partial charge on any atom is -0.326 e. The maximum atomic E-state index is 12.1. The highest BCUT2D eigenvalue weighted by atomic mass is 19.4. The monoisotopic (exact) mass is 346 g/mol. The number of nitriles is 1. The molecule has 0 amide bonds. The maximum absolute atomic E-state index is 12.1. The first-order valence-electron chi connectivity index (χ1n) is 6.51. The number of nitrogens with zero attached hydrogens (tertiary/aromatic N) is 1. The lowest BCUT2D eigenvalue weighted by molar-refractivity contribution is -0.138. The maximum Gasteiger partial charge on any atom is 0.416 e. The van der Waals surface area contributed by atoms with Crippen LogP contribution in [0, 0.1) is 11.3 Å². The summed E-state index contributed by atoms with van der Waals surface area (Å²) in [5, 5.41) is 8.31. The molecule has 2 aromatic rings. The molecular weight excluding hydrogens is 334 g/mol. The first kappa shape index (κ1) is 19.5. The van der Waals surface area contributed by atoms with Crippen LogP contribution in [0.2, 0.25) is 0 Å². The topological polar surface area (TPSA) is 49.8 Å². The van der Waals surface area contributed by atoms with E-state index in [1.165, 1.54) is 18.2 Å². The number of nitrogens with two attached hydrogens (primary N) is 1. The Bertz CT molecular complexity index is 713. The summed E-state index contributed by atoms with van der Waals surface area (Å²) in [7, 11) is 0. The van der Waals surface area contributed by atoms with Gasteiger partial charge in [0.05, 0.1) is 22.8 Å². The van der Waals surface area contributed by atoms with Gasteiger partial charge in [-0.1, -0.05) is 24.3 Å². The molecule has 0 unspecified atom stereocenters. The van der Waals surface area contributed by atoms with Gasteiger partial charge in [-0.25, -0.2) is 0 Å². The van der Waals surface area contributed by atoms with Crippen molar-refractivity contribution in [2.75, 3.05) is 0 Å². The van der Waals surface area contributed by atoms with Crippen molar-refractivity contribution in [2.45, 2.75) is 18.9 Å². The molecule has 0 spiro atoms. The van der Waals surface area contributed by atoms with Gasteiger partial charge in [-0.3, -0.25) is 0 Å². The minimum atomic E-state index is -4.37. The van der Waals surface area contributed by atoms with E-state index in [9.17, 15) is 26.3 Å². The molecule has 0 atom stereocenters. The standard InChI is InChI=1S/C8H8F3N.C8H4F3N/c2*9-8(10,11)7-3-1-2-6(4-7)5-12/h1-4H,5,12H2;1-4H. The smallest absolute Gasteiger partial charge is 0.326 e. The fourth-order valence-electron chi connectivity index (χ4n) is 1.64. The number of benzene rings is 2. The third kappa shape index (κ3) is 5.93. The summed E-state index contributed by atoms with van der Waals surface area (Å²) in [5.74, 6) is 0. The van der Waals surface area contributed by atoms with Crippen LogP contribution in [-0.2, 0) is 18.9 Å². The molecule has 128 valence electrons. The third-order valence-electron chi connectivity index (χ3n) is 2.81. The second-order valence-corrected chi connectivity index (χ2v) is 4.59. The lowest BCUT2D eigenvalue weighted by Crippen LogP contribution is -2.06. The molecule has 0 aliphatic heterocycles. The lowest BCUT2D eigenvalue weighted by Gasteiger charge is -2.06. The van der Waals surface area contributed by atoms with Crippen LogP contribution in [0.25, 0.3) is 0 Å². The van der Waals surface area contributed by atoms with Crippen LogP contribution >= 0.6 is 0 Å². The molecule has 0 saturated carbocycles. The van der Waals surface area contributed by atoms with Crippen molar-refractivity contribution in [1.82, 2.24) is 0 Å². The van der Waals surface area contributed by atoms with Crippen LogP contribution in [0.4, 0.5) is 26.3 Å². The summed E-state index contributed by atoms with van der Waals surface area (Å²) in [4.78, 5) is 0. The molecular formula is C16H12F6N2. The minimum absolute atomic E-state index is 0.0184. The van der Waals surface area contributed by atoms with E-state index in [4.69, 9.17) is 11.0 Å². The van der Waals surface area contributed by atoms with Gasteiger partial charge in [-0.2, -0.15) is 31.6 Å². The van der Waals surface area contributed by atoms with Crippen molar-refractivity contribution in [3.63, 3.8) is 0 Å². The zero-order chi connectivity index (χ0) is 18.4. The number of hydrogen-bond donors (Lipinski definition) is 1. The molecule has 2 aromatic carbocycles. The first-order valence-corrected chi connectivity index (χ1v) is 6.51. The van der Waals surface area contributed by atoms with Gasteiger partial charge in [0, 0.05) is 6.54 Å². The van der Waals surface area contributed by atoms with Crippen molar-refractivity contribution in [3.8, 4) is 6.07 Å². The van der Waals surface area contributed by atoms with Crippen molar-refractivity contribution >= 4 is 0 Å². The van der Waals surface area contributed by atoms with Gasteiger partial charge in [0.2, 0.25) is 0 Å². The van der Waals surface area contributed by atoms with Gasteiger partial charge in [0.1, 0.15) is 0 Å². The van der Waals surface area contributed by atoms with E-state index < -0.39 is 23.5 Å². The van der Waals surface area contributed by atoms with Gasteiger partial charge in [-0.05, 0) is 29.8 Å². The van der Waals surface area contributed by atoms with E-state index in [1.54, 1.807) is 12.1 Å². The molecule has 0 fully saturated rings. The summed E-state index contributed by atoms with van der Waals surface area (Å²) < 4.78 is 72.2. The van der Waals surface area contributed by atoms with Crippen LogP contribution in [0.3, 0.4) is 0 Å². The Morgan fingerprint density at radius 2 is 1.33 bits per heavy atom. The van der Waals surface area contributed by atoms with E-state index in [2.05, 4.69) is 0 Å². The molecule has 0 saturated heterocycles. The molecule has 0 aliphatic carbocycles. The highest BCUT2D eigenvalue weighted by molar-refractivity contribution is 5.33. The summed E-state index contributed by atoms with van der Waals surface area (Å²) in [6, 6.07) is 10.9. The van der Waals surface area contributed by atoms with E-state index in [1.807, 2.05) is 0 Å². The van der Waals surface area contributed by atoms with Gasteiger partial charge in [-0.15, -0.1) is 0 Å². The SMILES string of the molecule is N#Cc1cccc(C(F)(F)F)c1.NCc1cccc(C(F)(F)F)c1. The Morgan fingerprint density at radius 3 is 1.79 bits per heavy atom. The Labute approximate surface area is 134 Å². The third-order valence-corrected chi connectivity index (χ3v) is 2.81. The summed E-state index contributed by atoms with van der Waals surface area (Å²) in [5.41, 5.74) is 4.27. The van der Waals surface area contributed by atoms with Crippen molar-refractivity contribution in [1.29, 1.82) is 5.26 Å². The Kier molecular flexibility index (Phi) is 6.37. The predicted molar refractivity (Wildman–Crippen MR) is 75.5 cm³/mol. The Morgan fingerprint density at radius 1 is 0.833 bits per heavy atom. The number of hydrogen-bond acceptors (Lipinski definition) is 2. The quantitative estimate of drug-likeness (QED) is 0.758. The highest BCUT2D eigenvalue weighted by Gasteiger charge is 2.30. The second kappa shape index (κ2) is 7.84. The van der Waals surface area contributed by atoms with E-state index >= 15 is 0 Å². The molecule has 0 bridgehead atoms. The number of alkyl halides is 6. The molecule has 2 nitrogen and oxygen atoms in total. The molecule has 0 radical (unpaired) electrons. The van der Waals surface area contributed by atoms with Crippen LogP contribution in [-0.4, -0.2) is 0 Å². The highest BCUT2D eigenvalue weighted by Crippen LogP contribution is 2.30. The number of rotatable bonds is 1. The van der Waals surface area contributed by atoms with Gasteiger partial charge in [0.15, 0.2) is 0 Å². The van der Waals surface area contributed by atoms with Crippen molar-refractivity contribution < 1.29 is 26.3 Å². The van der Waals surface area contributed by atoms with Gasteiger partial charge >= 0.3 is 12.4 Å². The fourth-order valence-corrected chi connectivity index (χ4v) is 1.64. The first-order chi connectivity index (χ1) is 11.1.